The highest BCUT2D eigenvalue weighted by Gasteiger charge is 2.28. The highest BCUT2D eigenvalue weighted by Crippen LogP contribution is 2.52. The molecule has 13 rings (SSSR count). The number of anilines is 6. The minimum atomic E-state index is 0.742. The second kappa shape index (κ2) is 16.4. The maximum Gasteiger partial charge on any atom is 0.179 e. The van der Waals surface area contributed by atoms with Crippen LogP contribution in [-0.2, 0) is 0 Å². The van der Waals surface area contributed by atoms with Gasteiger partial charge in [-0.1, -0.05) is 146 Å². The summed E-state index contributed by atoms with van der Waals surface area (Å²) in [5, 5.41) is 8.62. The molecule has 0 aliphatic rings. The Morgan fingerprint density at radius 1 is 0.300 bits per heavy atom. The van der Waals surface area contributed by atoms with E-state index >= 15 is 0 Å². The number of para-hydroxylation sites is 4. The van der Waals surface area contributed by atoms with E-state index in [-0.39, 0.29) is 0 Å². The average Bonchev–Trinajstić information content (AvgIpc) is 3.95. The third kappa shape index (κ3) is 6.67. The lowest BCUT2D eigenvalue weighted by molar-refractivity contribution is 0.634. The maximum absolute atomic E-state index is 7.22. The third-order valence-electron chi connectivity index (χ3n) is 14.2. The molecule has 0 aliphatic carbocycles. The van der Waals surface area contributed by atoms with Gasteiger partial charge >= 0.3 is 0 Å². The van der Waals surface area contributed by atoms with E-state index in [4.69, 9.17) is 8.83 Å². The molecular weight excluding hydrogens is 853 g/mol. The lowest BCUT2D eigenvalue weighted by atomic mass is 9.87. The summed E-state index contributed by atoms with van der Waals surface area (Å²) in [5.41, 5.74) is 19.2. The van der Waals surface area contributed by atoms with Gasteiger partial charge < -0.3 is 18.6 Å². The normalized spacial score (nSPS) is 11.7. The summed E-state index contributed by atoms with van der Waals surface area (Å²) in [7, 11) is 0. The van der Waals surface area contributed by atoms with Crippen molar-refractivity contribution in [3.63, 3.8) is 0 Å². The van der Waals surface area contributed by atoms with Crippen molar-refractivity contribution in [2.24, 2.45) is 0 Å². The topological polar surface area (TPSA) is 32.8 Å². The van der Waals surface area contributed by atoms with Gasteiger partial charge in [0.2, 0.25) is 0 Å². The number of hydrogen-bond donors (Lipinski definition) is 0. The molecule has 0 unspecified atom stereocenters. The smallest absolute Gasteiger partial charge is 0.179 e. The summed E-state index contributed by atoms with van der Waals surface area (Å²) >= 11 is 0. The van der Waals surface area contributed by atoms with Gasteiger partial charge in [0.15, 0.2) is 11.2 Å². The number of rotatable bonds is 8. The number of aryl methyl sites for hydroxylation is 4. The predicted octanol–water partition coefficient (Wildman–Crippen LogP) is 19.3. The molecule has 0 fully saturated rings. The van der Waals surface area contributed by atoms with Crippen LogP contribution in [0.15, 0.2) is 227 Å². The molecule has 334 valence electrons. The number of furan rings is 2. The van der Waals surface area contributed by atoms with Crippen molar-refractivity contribution in [1.29, 1.82) is 0 Å². The van der Waals surface area contributed by atoms with Crippen LogP contribution in [0.25, 0.3) is 87.7 Å². The van der Waals surface area contributed by atoms with E-state index in [0.29, 0.717) is 0 Å². The van der Waals surface area contributed by atoms with Crippen LogP contribution in [0, 0.1) is 27.7 Å². The summed E-state index contributed by atoms with van der Waals surface area (Å²) in [6, 6.07) is 78.6. The second-order valence-electron chi connectivity index (χ2n) is 18.7. The van der Waals surface area contributed by atoms with Crippen molar-refractivity contribution >= 4 is 99.5 Å². The fourth-order valence-corrected chi connectivity index (χ4v) is 11.1. The highest BCUT2D eigenvalue weighted by atomic mass is 16.4. The van der Waals surface area contributed by atoms with Crippen molar-refractivity contribution in [1.82, 2.24) is 0 Å². The zero-order chi connectivity index (χ0) is 47.0. The number of nitrogens with zero attached hydrogens (tertiary/aromatic N) is 2. The molecule has 0 amide bonds. The van der Waals surface area contributed by atoms with Gasteiger partial charge in [0.1, 0.15) is 11.2 Å². The van der Waals surface area contributed by atoms with Crippen molar-refractivity contribution in [3.8, 4) is 22.3 Å². The van der Waals surface area contributed by atoms with E-state index in [1.54, 1.807) is 0 Å². The van der Waals surface area contributed by atoms with E-state index in [1.165, 1.54) is 33.6 Å². The van der Waals surface area contributed by atoms with Crippen molar-refractivity contribution in [2.75, 3.05) is 9.80 Å². The Bertz CT molecular complexity index is 3840. The Morgan fingerprint density at radius 2 is 0.657 bits per heavy atom. The number of hydrogen-bond acceptors (Lipinski definition) is 4. The molecule has 0 atom stereocenters. The van der Waals surface area contributed by atoms with Gasteiger partial charge in [-0.3, -0.25) is 0 Å². The first kappa shape index (κ1) is 41.3. The zero-order valence-electron chi connectivity index (χ0n) is 39.5. The Balaban J connectivity index is 1.08. The van der Waals surface area contributed by atoms with Crippen LogP contribution in [0.2, 0.25) is 0 Å². The van der Waals surface area contributed by atoms with Gasteiger partial charge in [0.05, 0.1) is 11.4 Å². The van der Waals surface area contributed by atoms with Crippen LogP contribution >= 0.6 is 0 Å². The summed E-state index contributed by atoms with van der Waals surface area (Å²) in [5.74, 6) is 0. The Hall–Kier alpha value is -8.86. The van der Waals surface area contributed by atoms with Crippen molar-refractivity contribution in [3.05, 3.63) is 241 Å². The van der Waals surface area contributed by atoms with Gasteiger partial charge in [0.25, 0.3) is 0 Å². The fourth-order valence-electron chi connectivity index (χ4n) is 11.1. The molecule has 13 aromatic rings. The van der Waals surface area contributed by atoms with Crippen LogP contribution in [0.5, 0.6) is 0 Å². The lowest BCUT2D eigenvalue weighted by Crippen LogP contribution is -2.12. The molecule has 0 radical (unpaired) electrons. The molecule has 0 N–H and O–H groups in total. The predicted molar refractivity (Wildman–Crippen MR) is 295 cm³/mol. The molecule has 2 aromatic heterocycles. The van der Waals surface area contributed by atoms with Gasteiger partial charge in [0, 0.05) is 55.4 Å². The van der Waals surface area contributed by atoms with Gasteiger partial charge in [-0.25, -0.2) is 0 Å². The average molecular weight is 901 g/mol. The van der Waals surface area contributed by atoms with Crippen LogP contribution in [0.4, 0.5) is 34.1 Å². The van der Waals surface area contributed by atoms with Crippen molar-refractivity contribution in [2.45, 2.75) is 27.7 Å². The maximum atomic E-state index is 7.22. The summed E-state index contributed by atoms with van der Waals surface area (Å²) in [4.78, 5) is 4.75. The second-order valence-corrected chi connectivity index (χ2v) is 18.7. The molecule has 4 heteroatoms. The van der Waals surface area contributed by atoms with E-state index in [1.807, 2.05) is 0 Å². The zero-order valence-corrected chi connectivity index (χ0v) is 39.5. The molecule has 0 spiro atoms. The first-order valence-electron chi connectivity index (χ1n) is 24.1. The van der Waals surface area contributed by atoms with E-state index in [9.17, 15) is 0 Å². The number of benzene rings is 11. The molecule has 0 saturated carbocycles. The van der Waals surface area contributed by atoms with Crippen LogP contribution in [0.1, 0.15) is 22.3 Å². The standard InChI is InChI=1S/C66H48N2O2/c1-41-19-17-20-42(2)63(41)67(51-27-13-7-14-28-51)53-33-31-47-37-55-57(39-49(47)35-53)69-65-61(55)59(45-23-9-5-10-24-45)60(46-25-11-6-12-26-46)62-56-38-48-32-34-54(36-50(48)40-58(56)70-66(62)65)68(52-29-15-8-16-30-52)64-43(3)21-18-22-44(64)4/h5-40H,1-4H3. The first-order chi connectivity index (χ1) is 34.4. The van der Waals surface area contributed by atoms with E-state index in [0.717, 1.165) is 110 Å². The monoisotopic (exact) mass is 900 g/mol. The molecule has 70 heavy (non-hydrogen) atoms. The fraction of sp³-hybridized carbons (Fsp3) is 0.0606. The Morgan fingerprint density at radius 3 is 1.03 bits per heavy atom. The molecular formula is C66H48N2O2. The van der Waals surface area contributed by atoms with Crippen LogP contribution in [-0.4, -0.2) is 0 Å². The SMILES string of the molecule is Cc1cccc(C)c1N(c1ccccc1)c1ccc2cc3c(cc2c1)oc1c2oc4cc5cc(N(c6ccccc6)c6c(C)cccc6C)ccc5cc4c2c(-c2ccccc2)c(-c2ccccc2)c31. The quantitative estimate of drug-likeness (QED) is 0.152. The largest absolute Gasteiger partial charge is 0.452 e. The molecule has 2 heterocycles. The van der Waals surface area contributed by atoms with Crippen LogP contribution in [0.3, 0.4) is 0 Å². The van der Waals surface area contributed by atoms with Gasteiger partial charge in [-0.2, -0.15) is 0 Å². The minimum absolute atomic E-state index is 0.742. The van der Waals surface area contributed by atoms with Crippen LogP contribution < -0.4 is 9.80 Å². The minimum Gasteiger partial charge on any atom is -0.452 e. The first-order valence-corrected chi connectivity index (χ1v) is 24.1. The van der Waals surface area contributed by atoms with Gasteiger partial charge in [-0.05, 0) is 155 Å². The van der Waals surface area contributed by atoms with Crippen molar-refractivity contribution < 1.29 is 8.83 Å². The summed E-state index contributed by atoms with van der Waals surface area (Å²) in [6.07, 6.45) is 0. The van der Waals surface area contributed by atoms with Gasteiger partial charge in [-0.15, -0.1) is 0 Å². The summed E-state index contributed by atoms with van der Waals surface area (Å²) < 4.78 is 14.4. The number of fused-ring (bicyclic) bond motifs is 9. The Labute approximate surface area is 406 Å². The molecule has 0 saturated heterocycles. The lowest BCUT2D eigenvalue weighted by Gasteiger charge is -2.29. The molecule has 11 aromatic carbocycles. The molecule has 0 aliphatic heterocycles. The van der Waals surface area contributed by atoms with E-state index < -0.39 is 0 Å². The molecule has 0 bridgehead atoms. The molecule has 4 nitrogen and oxygen atoms in total. The third-order valence-corrected chi connectivity index (χ3v) is 14.2. The Kier molecular flexibility index (Phi) is 9.70. The summed E-state index contributed by atoms with van der Waals surface area (Å²) in [6.45, 7) is 8.77. The highest BCUT2D eigenvalue weighted by molar-refractivity contribution is 6.31. The van der Waals surface area contributed by atoms with E-state index in [2.05, 4.69) is 256 Å².